The highest BCUT2D eigenvalue weighted by molar-refractivity contribution is 7.20. The van der Waals surface area contributed by atoms with Crippen molar-refractivity contribution in [1.82, 2.24) is 20.9 Å². The van der Waals surface area contributed by atoms with E-state index in [2.05, 4.69) is 27.5 Å². The van der Waals surface area contributed by atoms with Gasteiger partial charge in [-0.3, -0.25) is 9.59 Å². The van der Waals surface area contributed by atoms with Crippen LogP contribution in [-0.2, 0) is 16.1 Å². The number of nitrogens with two attached hydrogens (primary N) is 1. The van der Waals surface area contributed by atoms with Gasteiger partial charge in [0.2, 0.25) is 11.7 Å². The van der Waals surface area contributed by atoms with Gasteiger partial charge in [-0.15, -0.1) is 11.3 Å². The number of nitrogens with zero attached hydrogens (tertiary/aromatic N) is 1. The zero-order chi connectivity index (χ0) is 24.6. The molecule has 1 saturated heterocycles. The van der Waals surface area contributed by atoms with Crippen LogP contribution < -0.4 is 21.7 Å². The van der Waals surface area contributed by atoms with Crippen LogP contribution >= 0.6 is 11.3 Å². The Morgan fingerprint density at radius 2 is 1.97 bits per heavy atom. The maximum Gasteiger partial charge on any atom is 0.237 e. The third-order valence-corrected chi connectivity index (χ3v) is 6.95. The normalized spacial score (nSPS) is 18.3. The van der Waals surface area contributed by atoms with Crippen molar-refractivity contribution < 1.29 is 14.3 Å². The first-order valence-corrected chi connectivity index (χ1v) is 12.6. The summed E-state index contributed by atoms with van der Waals surface area (Å²) >= 11 is 1.34. The topological polar surface area (TPSA) is 118 Å². The number of aromatic nitrogens is 1. The fourth-order valence-corrected chi connectivity index (χ4v) is 5.00. The number of nitrogens with one attached hydrogen (secondary N) is 3. The van der Waals surface area contributed by atoms with Crippen molar-refractivity contribution in [1.29, 1.82) is 0 Å². The summed E-state index contributed by atoms with van der Waals surface area (Å²) in [6.07, 6.45) is 1.58. The average molecular weight is 494 g/mol. The molecule has 2 heterocycles. The van der Waals surface area contributed by atoms with Crippen molar-refractivity contribution >= 4 is 33.2 Å². The number of Topliss-reactive ketones (excluding diaryl/α,β-unsaturated/α-hetero) is 1. The first kappa shape index (κ1) is 24.8. The molecule has 5 N–H and O–H groups in total. The molecule has 1 unspecified atom stereocenters. The highest BCUT2D eigenvalue weighted by Crippen LogP contribution is 2.23. The van der Waals surface area contributed by atoms with Crippen LogP contribution in [0.1, 0.15) is 34.6 Å². The molecule has 0 bridgehead atoms. The van der Waals surface area contributed by atoms with E-state index in [1.54, 1.807) is 0 Å². The Labute approximate surface area is 209 Å². The summed E-state index contributed by atoms with van der Waals surface area (Å²) in [5, 5.41) is 9.55. The quantitative estimate of drug-likeness (QED) is 0.226. The molecule has 0 spiro atoms. The molecular weight excluding hydrogens is 462 g/mol. The van der Waals surface area contributed by atoms with Gasteiger partial charge < -0.3 is 26.4 Å². The standard InChI is InChI=1S/C26H31N5O3S/c1-17(27)28-13-7-11-21(24(32)26-31-20-10-5-6-12-23(20)35-26)30-25(33)22-14-19(15-29-22)34-16-18-8-3-2-4-9-18/h2-6,8-10,12,19,21-22,28-29H,1,7,11,13-16,27H2,(H,30,33)/t19-,21?,22+/m1/s1. The molecule has 35 heavy (non-hydrogen) atoms. The van der Waals surface area contributed by atoms with Crippen LogP contribution in [-0.4, -0.2) is 48.0 Å². The number of amides is 1. The third-order valence-electron chi connectivity index (χ3n) is 5.89. The van der Waals surface area contributed by atoms with E-state index in [0.29, 0.717) is 49.8 Å². The third kappa shape index (κ3) is 6.88. The van der Waals surface area contributed by atoms with E-state index in [9.17, 15) is 9.59 Å². The molecule has 3 aromatic rings. The second kappa shape index (κ2) is 11.9. The molecule has 9 heteroatoms. The van der Waals surface area contributed by atoms with Gasteiger partial charge in [0.25, 0.3) is 0 Å². The summed E-state index contributed by atoms with van der Waals surface area (Å²) in [6, 6.07) is 16.5. The molecule has 0 saturated carbocycles. The molecular formula is C26H31N5O3S. The fraction of sp³-hybridized carbons (Fsp3) is 0.346. The van der Waals surface area contributed by atoms with E-state index in [4.69, 9.17) is 10.5 Å². The van der Waals surface area contributed by atoms with Crippen molar-refractivity contribution in [2.75, 3.05) is 13.1 Å². The Morgan fingerprint density at radius 3 is 2.74 bits per heavy atom. The first-order valence-electron chi connectivity index (χ1n) is 11.8. The van der Waals surface area contributed by atoms with Crippen LogP contribution in [0.4, 0.5) is 0 Å². The molecule has 184 valence electrons. The molecule has 1 aliphatic heterocycles. The lowest BCUT2D eigenvalue weighted by atomic mass is 10.1. The first-order chi connectivity index (χ1) is 17.0. The number of fused-ring (bicyclic) bond motifs is 1. The summed E-state index contributed by atoms with van der Waals surface area (Å²) in [7, 11) is 0. The van der Waals surface area contributed by atoms with Crippen LogP contribution in [0.2, 0.25) is 0 Å². The minimum absolute atomic E-state index is 0.0656. The predicted molar refractivity (Wildman–Crippen MR) is 138 cm³/mol. The molecule has 1 amide bonds. The molecule has 4 rings (SSSR count). The monoisotopic (exact) mass is 493 g/mol. The van der Waals surface area contributed by atoms with Crippen molar-refractivity contribution in [2.45, 2.75) is 44.1 Å². The number of carbonyl (C=O) groups is 2. The lowest BCUT2D eigenvalue weighted by Gasteiger charge is -2.19. The maximum atomic E-state index is 13.3. The van der Waals surface area contributed by atoms with Crippen molar-refractivity contribution in [3.05, 3.63) is 77.6 Å². The van der Waals surface area contributed by atoms with Crippen molar-refractivity contribution in [3.63, 3.8) is 0 Å². The van der Waals surface area contributed by atoms with Crippen LogP contribution in [0, 0.1) is 0 Å². The summed E-state index contributed by atoms with van der Waals surface area (Å²) in [5.74, 6) is -0.00718. The van der Waals surface area contributed by atoms with Crippen LogP contribution in [0.25, 0.3) is 10.2 Å². The van der Waals surface area contributed by atoms with Gasteiger partial charge in [0.05, 0.1) is 40.8 Å². The Balaban J connectivity index is 1.36. The zero-order valence-corrected chi connectivity index (χ0v) is 20.4. The van der Waals surface area contributed by atoms with E-state index in [0.717, 1.165) is 15.8 Å². The number of hydrogen-bond acceptors (Lipinski definition) is 8. The summed E-state index contributed by atoms with van der Waals surface area (Å²) in [4.78, 5) is 30.9. The smallest absolute Gasteiger partial charge is 0.237 e. The SMILES string of the molecule is C=C(N)NCCCC(NC(=O)[C@@H]1C[C@@H](OCc2ccccc2)CN1)C(=O)c1nc2ccccc2s1. The fourth-order valence-electron chi connectivity index (χ4n) is 4.04. The molecule has 8 nitrogen and oxygen atoms in total. The van der Waals surface area contributed by atoms with Gasteiger partial charge in [-0.2, -0.15) is 0 Å². The molecule has 0 aliphatic carbocycles. The minimum Gasteiger partial charge on any atom is -0.386 e. The average Bonchev–Trinajstić information content (AvgIpc) is 3.52. The van der Waals surface area contributed by atoms with Crippen molar-refractivity contribution in [2.24, 2.45) is 5.73 Å². The Kier molecular flexibility index (Phi) is 8.46. The van der Waals surface area contributed by atoms with E-state index in [1.807, 2.05) is 54.6 Å². The van der Waals surface area contributed by atoms with Crippen LogP contribution in [0.3, 0.4) is 0 Å². The molecule has 3 atom stereocenters. The van der Waals surface area contributed by atoms with Gasteiger partial charge in [-0.05, 0) is 37.0 Å². The summed E-state index contributed by atoms with van der Waals surface area (Å²) < 4.78 is 6.92. The lowest BCUT2D eigenvalue weighted by molar-refractivity contribution is -0.123. The number of para-hydroxylation sites is 1. The second-order valence-electron chi connectivity index (χ2n) is 8.62. The highest BCUT2D eigenvalue weighted by Gasteiger charge is 2.33. The Bertz CT molecular complexity index is 1130. The lowest BCUT2D eigenvalue weighted by Crippen LogP contribution is -2.48. The highest BCUT2D eigenvalue weighted by atomic mass is 32.1. The number of rotatable bonds is 12. The largest absolute Gasteiger partial charge is 0.386 e. The summed E-state index contributed by atoms with van der Waals surface area (Å²) in [6.45, 7) is 5.27. The molecule has 0 radical (unpaired) electrons. The molecule has 1 fully saturated rings. The number of ether oxygens (including phenoxy) is 1. The van der Waals surface area contributed by atoms with Gasteiger partial charge in [-0.25, -0.2) is 4.98 Å². The molecule has 2 aromatic carbocycles. The Morgan fingerprint density at radius 1 is 1.20 bits per heavy atom. The number of benzene rings is 2. The van der Waals surface area contributed by atoms with Crippen LogP contribution in [0.15, 0.2) is 67.0 Å². The van der Waals surface area contributed by atoms with Crippen molar-refractivity contribution in [3.8, 4) is 0 Å². The zero-order valence-electron chi connectivity index (χ0n) is 19.5. The number of ketones is 1. The van der Waals surface area contributed by atoms with Gasteiger partial charge in [0.15, 0.2) is 5.01 Å². The molecule has 1 aliphatic rings. The van der Waals surface area contributed by atoms with Gasteiger partial charge in [0.1, 0.15) is 0 Å². The van der Waals surface area contributed by atoms with E-state index in [-0.39, 0.29) is 17.8 Å². The minimum atomic E-state index is -0.679. The van der Waals surface area contributed by atoms with Crippen LogP contribution in [0.5, 0.6) is 0 Å². The predicted octanol–water partition coefficient (Wildman–Crippen LogP) is 2.71. The van der Waals surface area contributed by atoms with E-state index in [1.165, 1.54) is 11.3 Å². The second-order valence-corrected chi connectivity index (χ2v) is 9.65. The number of carbonyl (C=O) groups excluding carboxylic acids is 2. The van der Waals surface area contributed by atoms with E-state index < -0.39 is 12.1 Å². The summed E-state index contributed by atoms with van der Waals surface area (Å²) in [5.41, 5.74) is 7.44. The Hall–Kier alpha value is -3.27. The van der Waals surface area contributed by atoms with E-state index >= 15 is 0 Å². The maximum absolute atomic E-state index is 13.3. The molecule has 1 aromatic heterocycles. The van der Waals surface area contributed by atoms with Gasteiger partial charge in [0, 0.05) is 13.1 Å². The number of thiazole rings is 1. The van der Waals surface area contributed by atoms with Gasteiger partial charge in [-0.1, -0.05) is 49.0 Å². The number of hydrogen-bond donors (Lipinski definition) is 4. The van der Waals surface area contributed by atoms with Gasteiger partial charge >= 0.3 is 0 Å².